The van der Waals surface area contributed by atoms with E-state index in [0.29, 0.717) is 4.88 Å². The van der Waals surface area contributed by atoms with E-state index >= 15 is 0 Å². The molecule has 0 fully saturated rings. The van der Waals surface area contributed by atoms with Gasteiger partial charge in [-0.25, -0.2) is 4.98 Å². The number of methoxy groups -OCH3 is 1. The maximum Gasteiger partial charge on any atom is 0.184 e. The summed E-state index contributed by atoms with van der Waals surface area (Å²) in [5, 5.41) is 12.8. The normalized spacial score (nSPS) is 9.89. The van der Waals surface area contributed by atoms with Gasteiger partial charge in [0.25, 0.3) is 0 Å². The third-order valence-electron chi connectivity index (χ3n) is 2.61. The van der Waals surface area contributed by atoms with E-state index in [4.69, 9.17) is 10.00 Å². The molecule has 0 amide bonds. The Bertz CT molecular complexity index is 613. The first-order valence-corrected chi connectivity index (χ1v) is 6.25. The zero-order valence-corrected chi connectivity index (χ0v) is 11.3. The minimum Gasteiger partial charge on any atom is -0.496 e. The van der Waals surface area contributed by atoms with Crippen LogP contribution in [-0.4, -0.2) is 19.1 Å². The van der Waals surface area contributed by atoms with Gasteiger partial charge in [-0.05, 0) is 30.7 Å². The molecular formula is C13H13N3OS. The topological polar surface area (TPSA) is 57.9 Å². The molecule has 1 N–H and O–H groups in total. The fourth-order valence-electron chi connectivity index (χ4n) is 1.72. The van der Waals surface area contributed by atoms with Crippen molar-refractivity contribution in [2.24, 2.45) is 0 Å². The fraction of sp³-hybridized carbons (Fsp3) is 0.231. The van der Waals surface area contributed by atoms with Crippen LogP contribution in [0.1, 0.15) is 10.4 Å². The monoisotopic (exact) mass is 259 g/mol. The predicted molar refractivity (Wildman–Crippen MR) is 73.1 cm³/mol. The second-order valence-corrected chi connectivity index (χ2v) is 4.74. The molecule has 0 spiro atoms. The molecule has 18 heavy (non-hydrogen) atoms. The van der Waals surface area contributed by atoms with Crippen LogP contribution in [-0.2, 0) is 0 Å². The van der Waals surface area contributed by atoms with Gasteiger partial charge in [0, 0.05) is 12.6 Å². The molecule has 0 radical (unpaired) electrons. The number of hydrogen-bond donors (Lipinski definition) is 1. The Morgan fingerprint density at radius 2 is 2.22 bits per heavy atom. The van der Waals surface area contributed by atoms with Gasteiger partial charge >= 0.3 is 0 Å². The molecule has 1 aromatic carbocycles. The quantitative estimate of drug-likeness (QED) is 0.920. The lowest BCUT2D eigenvalue weighted by molar-refractivity contribution is 0.412. The molecule has 0 aliphatic carbocycles. The zero-order valence-electron chi connectivity index (χ0n) is 10.4. The molecule has 1 heterocycles. The molecule has 92 valence electrons. The van der Waals surface area contributed by atoms with Crippen LogP contribution < -0.4 is 10.1 Å². The van der Waals surface area contributed by atoms with Crippen LogP contribution in [0.2, 0.25) is 0 Å². The highest BCUT2D eigenvalue weighted by Crippen LogP contribution is 2.32. The fourth-order valence-corrected chi connectivity index (χ4v) is 2.46. The van der Waals surface area contributed by atoms with Crippen molar-refractivity contribution in [1.82, 2.24) is 4.98 Å². The van der Waals surface area contributed by atoms with Gasteiger partial charge in [0.1, 0.15) is 22.4 Å². The number of nitrogens with zero attached hydrogens (tertiary/aromatic N) is 2. The Morgan fingerprint density at radius 1 is 1.44 bits per heavy atom. The summed E-state index contributed by atoms with van der Waals surface area (Å²) < 4.78 is 5.22. The molecule has 4 nitrogen and oxygen atoms in total. The summed E-state index contributed by atoms with van der Waals surface area (Å²) in [4.78, 5) is 5.03. The van der Waals surface area contributed by atoms with Crippen LogP contribution in [0.5, 0.6) is 5.75 Å². The van der Waals surface area contributed by atoms with Gasteiger partial charge in [0.2, 0.25) is 0 Å². The summed E-state index contributed by atoms with van der Waals surface area (Å²) in [5.74, 6) is 0.835. The number of ether oxygens (including phenoxy) is 1. The lowest BCUT2D eigenvalue weighted by Crippen LogP contribution is -1.89. The zero-order chi connectivity index (χ0) is 13.1. The van der Waals surface area contributed by atoms with Gasteiger partial charge in [-0.3, -0.25) is 0 Å². The Labute approximate surface area is 110 Å². The highest BCUT2D eigenvalue weighted by molar-refractivity contribution is 7.16. The van der Waals surface area contributed by atoms with Crippen LogP contribution in [0.3, 0.4) is 0 Å². The Balaban J connectivity index is 2.52. The molecule has 0 aliphatic rings. The number of thiazole rings is 1. The molecule has 0 atom stereocenters. The van der Waals surface area contributed by atoms with Crippen molar-refractivity contribution in [3.8, 4) is 23.1 Å². The maximum atomic E-state index is 9.13. The average Bonchev–Trinajstić information content (AvgIpc) is 2.82. The van der Waals surface area contributed by atoms with Crippen molar-refractivity contribution in [2.75, 3.05) is 19.5 Å². The highest BCUT2D eigenvalue weighted by Gasteiger charge is 2.13. The lowest BCUT2D eigenvalue weighted by atomic mass is 10.1. The van der Waals surface area contributed by atoms with Crippen molar-refractivity contribution >= 4 is 16.5 Å². The first-order chi connectivity index (χ1) is 8.69. The first-order valence-electron chi connectivity index (χ1n) is 5.43. The molecule has 1 aromatic heterocycles. The maximum absolute atomic E-state index is 9.13. The number of aryl methyl sites for hydroxylation is 1. The van der Waals surface area contributed by atoms with Gasteiger partial charge in [-0.1, -0.05) is 11.3 Å². The van der Waals surface area contributed by atoms with Gasteiger partial charge < -0.3 is 10.1 Å². The van der Waals surface area contributed by atoms with Gasteiger partial charge in [0.05, 0.1) is 7.11 Å². The largest absolute Gasteiger partial charge is 0.496 e. The molecule has 0 aliphatic heterocycles. The van der Waals surface area contributed by atoms with E-state index in [1.54, 1.807) is 14.2 Å². The minimum absolute atomic E-state index is 0.615. The first kappa shape index (κ1) is 12.4. The molecular weight excluding hydrogens is 246 g/mol. The summed E-state index contributed by atoms with van der Waals surface area (Å²) in [6.45, 7) is 1.97. The number of nitrogens with one attached hydrogen (secondary N) is 1. The number of anilines is 1. The van der Waals surface area contributed by atoms with Crippen LogP contribution >= 0.6 is 11.3 Å². The number of nitriles is 1. The lowest BCUT2D eigenvalue weighted by Gasteiger charge is -2.05. The summed E-state index contributed by atoms with van der Waals surface area (Å²) in [6, 6.07) is 7.97. The summed E-state index contributed by atoms with van der Waals surface area (Å²) in [5.41, 5.74) is 2.68. The van der Waals surface area contributed by atoms with Crippen molar-refractivity contribution < 1.29 is 4.74 Å². The van der Waals surface area contributed by atoms with Gasteiger partial charge in [-0.15, -0.1) is 0 Å². The van der Waals surface area contributed by atoms with Crippen LogP contribution in [0, 0.1) is 18.3 Å². The van der Waals surface area contributed by atoms with E-state index in [9.17, 15) is 0 Å². The number of aromatic nitrogens is 1. The molecule has 2 rings (SSSR count). The second-order valence-electron chi connectivity index (χ2n) is 3.74. The van der Waals surface area contributed by atoms with Crippen LogP contribution in [0.4, 0.5) is 5.13 Å². The van der Waals surface area contributed by atoms with Crippen molar-refractivity contribution in [1.29, 1.82) is 5.26 Å². The highest BCUT2D eigenvalue weighted by atomic mass is 32.1. The van der Waals surface area contributed by atoms with E-state index in [0.717, 1.165) is 27.7 Å². The third-order valence-corrected chi connectivity index (χ3v) is 3.59. The number of benzene rings is 1. The summed E-state index contributed by atoms with van der Waals surface area (Å²) in [6.07, 6.45) is 0. The van der Waals surface area contributed by atoms with Crippen molar-refractivity contribution in [2.45, 2.75) is 6.92 Å². The molecule has 2 aromatic rings. The Kier molecular flexibility index (Phi) is 3.49. The van der Waals surface area contributed by atoms with Crippen molar-refractivity contribution in [3.63, 3.8) is 0 Å². The van der Waals surface area contributed by atoms with Crippen molar-refractivity contribution in [3.05, 3.63) is 28.6 Å². The molecule has 0 bridgehead atoms. The molecule has 5 heteroatoms. The standard InChI is InChI=1S/C13H13N3OS/c1-8-6-9(4-5-10(8)17-3)12-11(7-14)18-13(15-2)16-12/h4-6H,1-3H3,(H,15,16). The summed E-state index contributed by atoms with van der Waals surface area (Å²) >= 11 is 1.36. The molecule has 0 unspecified atom stereocenters. The third kappa shape index (κ3) is 2.15. The van der Waals surface area contributed by atoms with E-state index in [1.807, 2.05) is 25.1 Å². The smallest absolute Gasteiger partial charge is 0.184 e. The van der Waals surface area contributed by atoms with Crippen LogP contribution in [0.25, 0.3) is 11.3 Å². The van der Waals surface area contributed by atoms with E-state index < -0.39 is 0 Å². The molecule has 0 saturated carbocycles. The second kappa shape index (κ2) is 5.07. The van der Waals surface area contributed by atoms with E-state index in [-0.39, 0.29) is 0 Å². The average molecular weight is 259 g/mol. The Morgan fingerprint density at radius 3 is 2.78 bits per heavy atom. The van der Waals surface area contributed by atoms with E-state index in [2.05, 4.69) is 16.4 Å². The Hall–Kier alpha value is -2.06. The number of hydrogen-bond acceptors (Lipinski definition) is 5. The SMILES string of the molecule is CNc1nc(-c2ccc(OC)c(C)c2)c(C#N)s1. The number of rotatable bonds is 3. The van der Waals surface area contributed by atoms with Gasteiger partial charge in [0.15, 0.2) is 5.13 Å². The van der Waals surface area contributed by atoms with E-state index in [1.165, 1.54) is 11.3 Å². The minimum atomic E-state index is 0.615. The predicted octanol–water partition coefficient (Wildman–Crippen LogP) is 3.04. The van der Waals surface area contributed by atoms with Gasteiger partial charge in [-0.2, -0.15) is 5.26 Å². The summed E-state index contributed by atoms with van der Waals surface area (Å²) in [7, 11) is 3.44. The van der Waals surface area contributed by atoms with Crippen LogP contribution in [0.15, 0.2) is 18.2 Å². The molecule has 0 saturated heterocycles.